The van der Waals surface area contributed by atoms with E-state index < -0.39 is 0 Å². The fraction of sp³-hybridized carbons (Fsp3) is 0.391. The number of nitrogens with zero attached hydrogens (tertiary/aromatic N) is 3. The molecule has 0 amide bonds. The van der Waals surface area contributed by atoms with Crippen molar-refractivity contribution in [3.63, 3.8) is 0 Å². The molecule has 0 spiro atoms. The summed E-state index contributed by atoms with van der Waals surface area (Å²) in [5.41, 5.74) is 8.50. The van der Waals surface area contributed by atoms with Gasteiger partial charge in [-0.15, -0.1) is 0 Å². The van der Waals surface area contributed by atoms with E-state index in [1.54, 1.807) is 12.1 Å². The fourth-order valence-corrected chi connectivity index (χ4v) is 3.88. The van der Waals surface area contributed by atoms with E-state index in [1.807, 2.05) is 18.2 Å². The van der Waals surface area contributed by atoms with Gasteiger partial charge in [0.2, 0.25) is 5.89 Å². The topological polar surface area (TPSA) is 68.2 Å². The maximum Gasteiger partial charge on any atom is 0.229 e. The molecule has 1 aliphatic heterocycles. The number of aromatic nitrogens is 2. The molecule has 0 radical (unpaired) electrons. The lowest BCUT2D eigenvalue weighted by molar-refractivity contribution is 0.189. The van der Waals surface area contributed by atoms with Crippen molar-refractivity contribution in [1.82, 2.24) is 15.0 Å². The second-order valence-electron chi connectivity index (χ2n) is 7.77. The van der Waals surface area contributed by atoms with Crippen LogP contribution in [0.4, 0.5) is 4.39 Å². The molecule has 2 heterocycles. The van der Waals surface area contributed by atoms with Crippen LogP contribution in [0.3, 0.4) is 0 Å². The summed E-state index contributed by atoms with van der Waals surface area (Å²) in [6.07, 6.45) is 3.54. The monoisotopic (exact) mass is 394 g/mol. The molecule has 1 aliphatic rings. The molecule has 2 aromatic carbocycles. The highest BCUT2D eigenvalue weighted by Crippen LogP contribution is 2.27. The molecule has 1 fully saturated rings. The molecule has 4 rings (SSSR count). The molecule has 152 valence electrons. The molecule has 1 aromatic heterocycles. The normalized spacial score (nSPS) is 16.8. The van der Waals surface area contributed by atoms with Crippen LogP contribution in [0.15, 0.2) is 59.1 Å². The Balaban J connectivity index is 1.24. The summed E-state index contributed by atoms with van der Waals surface area (Å²) >= 11 is 0. The lowest BCUT2D eigenvalue weighted by Crippen LogP contribution is -2.35. The van der Waals surface area contributed by atoms with Crippen LogP contribution in [0.25, 0.3) is 0 Å². The summed E-state index contributed by atoms with van der Waals surface area (Å²) in [7, 11) is 0. The molecule has 2 N–H and O–H groups in total. The minimum atomic E-state index is -0.237. The van der Waals surface area contributed by atoms with E-state index in [-0.39, 0.29) is 11.9 Å². The number of nitrogens with two attached hydrogens (primary N) is 1. The second kappa shape index (κ2) is 9.29. The Morgan fingerprint density at radius 3 is 2.52 bits per heavy atom. The predicted molar refractivity (Wildman–Crippen MR) is 110 cm³/mol. The van der Waals surface area contributed by atoms with Gasteiger partial charge in [0.25, 0.3) is 0 Å². The highest BCUT2D eigenvalue weighted by Gasteiger charge is 2.25. The zero-order chi connectivity index (χ0) is 20.1. The molecule has 29 heavy (non-hydrogen) atoms. The molecule has 0 bridgehead atoms. The first kappa shape index (κ1) is 19.7. The van der Waals surface area contributed by atoms with Crippen molar-refractivity contribution in [2.45, 2.75) is 37.6 Å². The summed E-state index contributed by atoms with van der Waals surface area (Å²) in [5, 5.41) is 4.11. The Morgan fingerprint density at radius 2 is 1.79 bits per heavy atom. The van der Waals surface area contributed by atoms with E-state index in [0.717, 1.165) is 50.4 Å². The Kier molecular flexibility index (Phi) is 6.32. The Morgan fingerprint density at radius 1 is 1.07 bits per heavy atom. The quantitative estimate of drug-likeness (QED) is 0.654. The van der Waals surface area contributed by atoms with Gasteiger partial charge < -0.3 is 15.2 Å². The highest BCUT2D eigenvalue weighted by atomic mass is 19.1. The van der Waals surface area contributed by atoms with Crippen LogP contribution in [0, 0.1) is 5.82 Å². The van der Waals surface area contributed by atoms with Crippen molar-refractivity contribution in [3.8, 4) is 0 Å². The van der Waals surface area contributed by atoms with E-state index in [4.69, 9.17) is 10.3 Å². The first-order chi connectivity index (χ1) is 14.2. The fourth-order valence-electron chi connectivity index (χ4n) is 3.88. The van der Waals surface area contributed by atoms with Crippen molar-refractivity contribution >= 4 is 0 Å². The summed E-state index contributed by atoms with van der Waals surface area (Å²) < 4.78 is 18.5. The van der Waals surface area contributed by atoms with Crippen molar-refractivity contribution in [1.29, 1.82) is 0 Å². The van der Waals surface area contributed by atoms with E-state index >= 15 is 0 Å². The van der Waals surface area contributed by atoms with Crippen LogP contribution >= 0.6 is 0 Å². The molecule has 0 saturated carbocycles. The Hall–Kier alpha value is -2.57. The van der Waals surface area contributed by atoms with Gasteiger partial charge in [-0.1, -0.05) is 47.6 Å². The third-order valence-electron chi connectivity index (χ3n) is 5.68. The maximum absolute atomic E-state index is 13.0. The first-order valence-electron chi connectivity index (χ1n) is 10.3. The molecule has 3 aromatic rings. The van der Waals surface area contributed by atoms with E-state index in [1.165, 1.54) is 17.7 Å². The molecule has 1 saturated heterocycles. The van der Waals surface area contributed by atoms with Crippen molar-refractivity contribution in [2.75, 3.05) is 19.6 Å². The summed E-state index contributed by atoms with van der Waals surface area (Å²) in [4.78, 5) is 7.05. The van der Waals surface area contributed by atoms with Gasteiger partial charge in [0.15, 0.2) is 5.82 Å². The zero-order valence-corrected chi connectivity index (χ0v) is 16.5. The van der Waals surface area contributed by atoms with Gasteiger partial charge in [-0.05, 0) is 62.2 Å². The summed E-state index contributed by atoms with van der Waals surface area (Å²) in [6.45, 7) is 3.03. The molecular weight excluding hydrogens is 367 g/mol. The van der Waals surface area contributed by atoms with Crippen molar-refractivity contribution < 1.29 is 8.91 Å². The second-order valence-corrected chi connectivity index (χ2v) is 7.77. The SMILES string of the molecule is NC(CCN1CCC(c2nc(Cc3ccc(F)cc3)no2)CC1)c1ccccc1. The molecule has 1 unspecified atom stereocenters. The first-order valence-corrected chi connectivity index (χ1v) is 10.3. The average Bonchev–Trinajstić information content (AvgIpc) is 3.23. The molecule has 6 heteroatoms. The number of benzene rings is 2. The van der Waals surface area contributed by atoms with Gasteiger partial charge in [0.05, 0.1) is 0 Å². The van der Waals surface area contributed by atoms with Crippen LogP contribution in [0.2, 0.25) is 0 Å². The van der Waals surface area contributed by atoms with Gasteiger partial charge >= 0.3 is 0 Å². The van der Waals surface area contributed by atoms with Crippen molar-refractivity contribution in [3.05, 3.63) is 83.3 Å². The standard InChI is InChI=1S/C23H27FN4O/c24-20-8-6-17(7-9-20)16-22-26-23(29-27-22)19-10-13-28(14-11-19)15-12-21(25)18-4-2-1-3-5-18/h1-9,19,21H,10-16,25H2. The van der Waals surface area contributed by atoms with E-state index in [2.05, 4.69) is 27.2 Å². The average molecular weight is 394 g/mol. The minimum Gasteiger partial charge on any atom is -0.339 e. The van der Waals surface area contributed by atoms with Crippen LogP contribution < -0.4 is 5.73 Å². The molecular formula is C23H27FN4O. The molecule has 1 atom stereocenters. The van der Waals surface area contributed by atoms with E-state index in [9.17, 15) is 4.39 Å². The zero-order valence-electron chi connectivity index (χ0n) is 16.5. The van der Waals surface area contributed by atoms with Gasteiger partial charge in [0.1, 0.15) is 5.82 Å². The third kappa shape index (κ3) is 5.28. The minimum absolute atomic E-state index is 0.0823. The van der Waals surface area contributed by atoms with Gasteiger partial charge in [0, 0.05) is 18.4 Å². The predicted octanol–water partition coefficient (Wildman–Crippen LogP) is 4.07. The van der Waals surface area contributed by atoms with E-state index in [0.29, 0.717) is 18.2 Å². The van der Waals surface area contributed by atoms with Crippen LogP contribution in [-0.4, -0.2) is 34.7 Å². The van der Waals surface area contributed by atoms with Crippen LogP contribution in [-0.2, 0) is 6.42 Å². The van der Waals surface area contributed by atoms with Crippen molar-refractivity contribution in [2.24, 2.45) is 5.73 Å². The summed E-state index contributed by atoms with van der Waals surface area (Å²) in [5.74, 6) is 1.45. The number of halogens is 1. The van der Waals surface area contributed by atoms with Crippen LogP contribution in [0.5, 0.6) is 0 Å². The Bertz CT molecular complexity index is 889. The molecule has 0 aliphatic carbocycles. The Labute approximate surface area is 170 Å². The number of piperidine rings is 1. The number of hydrogen-bond donors (Lipinski definition) is 1. The lowest BCUT2D eigenvalue weighted by Gasteiger charge is -2.31. The smallest absolute Gasteiger partial charge is 0.229 e. The number of rotatable bonds is 7. The number of likely N-dealkylation sites (tertiary alicyclic amines) is 1. The molecule has 5 nitrogen and oxygen atoms in total. The third-order valence-corrected chi connectivity index (χ3v) is 5.68. The highest BCUT2D eigenvalue weighted by molar-refractivity contribution is 5.20. The lowest BCUT2D eigenvalue weighted by atomic mass is 9.96. The van der Waals surface area contributed by atoms with Gasteiger partial charge in [-0.2, -0.15) is 4.98 Å². The maximum atomic E-state index is 13.0. The van der Waals surface area contributed by atoms with Gasteiger partial charge in [-0.3, -0.25) is 0 Å². The summed E-state index contributed by atoms with van der Waals surface area (Å²) in [6, 6.07) is 16.8. The number of hydrogen-bond acceptors (Lipinski definition) is 5. The largest absolute Gasteiger partial charge is 0.339 e. The van der Waals surface area contributed by atoms with Gasteiger partial charge in [-0.25, -0.2) is 4.39 Å². The van der Waals surface area contributed by atoms with Crippen LogP contribution in [0.1, 0.15) is 54.1 Å².